The Hall–Kier alpha value is -7.48. The van der Waals surface area contributed by atoms with Crippen molar-refractivity contribution in [3.63, 3.8) is 0 Å². The molecule has 1 nitrogen and oxygen atoms in total. The van der Waals surface area contributed by atoms with Crippen LogP contribution in [0.1, 0.15) is 0 Å². The fourth-order valence-corrected chi connectivity index (χ4v) is 9.26. The summed E-state index contributed by atoms with van der Waals surface area (Å²) in [4.78, 5) is 0. The summed E-state index contributed by atoms with van der Waals surface area (Å²) in [7, 11) is 0. The minimum Gasteiger partial charge on any atom is -0.309 e. The van der Waals surface area contributed by atoms with E-state index < -0.39 is 0 Å². The van der Waals surface area contributed by atoms with Gasteiger partial charge in [0.15, 0.2) is 0 Å². The van der Waals surface area contributed by atoms with Crippen LogP contribution in [0.4, 0.5) is 0 Å². The Labute approximate surface area is 332 Å². The molecule has 11 rings (SSSR count). The predicted molar refractivity (Wildman–Crippen MR) is 243 cm³/mol. The Bertz CT molecular complexity index is 3210. The molecule has 1 aromatic heterocycles. The number of rotatable bonds is 6. The van der Waals surface area contributed by atoms with Crippen molar-refractivity contribution < 1.29 is 0 Å². The Morgan fingerprint density at radius 3 is 1.30 bits per heavy atom. The third kappa shape index (κ3) is 5.32. The molecule has 10 aromatic carbocycles. The second kappa shape index (κ2) is 13.7. The molecule has 1 heterocycles. The fourth-order valence-electron chi connectivity index (χ4n) is 9.26. The molecule has 0 unspecified atom stereocenters. The third-order valence-corrected chi connectivity index (χ3v) is 11.6. The summed E-state index contributed by atoms with van der Waals surface area (Å²) in [5.41, 5.74) is 15.8. The van der Waals surface area contributed by atoms with Crippen LogP contribution >= 0.6 is 0 Å². The second-order valence-electron chi connectivity index (χ2n) is 14.7. The topological polar surface area (TPSA) is 4.93 Å². The van der Waals surface area contributed by atoms with Crippen molar-refractivity contribution in [1.29, 1.82) is 0 Å². The molecule has 0 fully saturated rings. The van der Waals surface area contributed by atoms with Crippen molar-refractivity contribution in [3.05, 3.63) is 224 Å². The van der Waals surface area contributed by atoms with Gasteiger partial charge in [0.05, 0.1) is 11.0 Å². The number of nitrogens with zero attached hydrogens (tertiary/aromatic N) is 1. The summed E-state index contributed by atoms with van der Waals surface area (Å²) in [6.45, 7) is 0. The van der Waals surface area contributed by atoms with Gasteiger partial charge in [0.2, 0.25) is 0 Å². The second-order valence-corrected chi connectivity index (χ2v) is 14.7. The van der Waals surface area contributed by atoms with E-state index in [0.717, 1.165) is 5.69 Å². The van der Waals surface area contributed by atoms with Crippen molar-refractivity contribution in [2.24, 2.45) is 0 Å². The van der Waals surface area contributed by atoms with Crippen molar-refractivity contribution >= 4 is 43.4 Å². The molecule has 0 aliphatic rings. The molecule has 0 spiro atoms. The smallest absolute Gasteiger partial charge is 0.0547 e. The maximum atomic E-state index is 2.42. The molecule has 0 radical (unpaired) electrons. The first-order valence-electron chi connectivity index (χ1n) is 19.7. The standard InChI is InChI=1S/C56H37N/c1-4-20-38(21-5-1)41-26-10-11-27-43(41)53-44-28-12-14-30-47(44)56(48-31-15-13-29-45(48)53)55-42(39-22-6-2-7-23-39)33-18-34-49(55)46-35-19-37-52-54(46)50-32-16-17-36-51(50)57(52)40-24-8-3-9-25-40/h1-37H. The summed E-state index contributed by atoms with van der Waals surface area (Å²) < 4.78 is 2.42. The van der Waals surface area contributed by atoms with E-state index in [2.05, 4.69) is 229 Å². The molecule has 11 aromatic rings. The predicted octanol–water partition coefficient (Wildman–Crippen LogP) is 15.4. The number of aromatic nitrogens is 1. The molecule has 1 heteroatoms. The van der Waals surface area contributed by atoms with Crippen molar-refractivity contribution in [3.8, 4) is 61.3 Å². The summed E-state index contributed by atoms with van der Waals surface area (Å²) >= 11 is 0. The number of fused-ring (bicyclic) bond motifs is 5. The van der Waals surface area contributed by atoms with Crippen LogP contribution in [-0.2, 0) is 0 Å². The molecule has 0 aliphatic heterocycles. The molecule has 57 heavy (non-hydrogen) atoms. The van der Waals surface area contributed by atoms with Gasteiger partial charge < -0.3 is 4.57 Å². The van der Waals surface area contributed by atoms with E-state index >= 15 is 0 Å². The van der Waals surface area contributed by atoms with Crippen LogP contribution in [0.3, 0.4) is 0 Å². The number of hydrogen-bond donors (Lipinski definition) is 0. The van der Waals surface area contributed by atoms with Crippen LogP contribution in [-0.4, -0.2) is 4.57 Å². The Morgan fingerprint density at radius 1 is 0.228 bits per heavy atom. The highest BCUT2D eigenvalue weighted by atomic mass is 15.0. The maximum Gasteiger partial charge on any atom is 0.0547 e. The number of hydrogen-bond acceptors (Lipinski definition) is 0. The number of benzene rings is 10. The zero-order valence-corrected chi connectivity index (χ0v) is 31.3. The monoisotopic (exact) mass is 723 g/mol. The van der Waals surface area contributed by atoms with Gasteiger partial charge in [0, 0.05) is 16.5 Å². The van der Waals surface area contributed by atoms with Gasteiger partial charge in [-0.1, -0.05) is 200 Å². The quantitative estimate of drug-likeness (QED) is 0.151. The molecule has 0 saturated heterocycles. The van der Waals surface area contributed by atoms with Crippen LogP contribution in [0.15, 0.2) is 224 Å². The van der Waals surface area contributed by atoms with E-state index in [1.807, 2.05) is 0 Å². The van der Waals surface area contributed by atoms with E-state index in [0.29, 0.717) is 0 Å². The van der Waals surface area contributed by atoms with Crippen molar-refractivity contribution in [2.45, 2.75) is 0 Å². The molecule has 0 aliphatic carbocycles. The zero-order valence-electron chi connectivity index (χ0n) is 31.3. The van der Waals surface area contributed by atoms with E-state index in [1.165, 1.54) is 99.0 Å². The van der Waals surface area contributed by atoms with Gasteiger partial charge in [-0.05, 0) is 101 Å². The van der Waals surface area contributed by atoms with Crippen molar-refractivity contribution in [2.75, 3.05) is 0 Å². The lowest BCUT2D eigenvalue weighted by Crippen LogP contribution is -1.96. The minimum absolute atomic E-state index is 1.16. The first-order valence-corrected chi connectivity index (χ1v) is 19.7. The number of para-hydroxylation sites is 2. The minimum atomic E-state index is 1.16. The average Bonchev–Trinajstić information content (AvgIpc) is 3.64. The highest BCUT2D eigenvalue weighted by Crippen LogP contribution is 2.51. The summed E-state index contributed by atoms with van der Waals surface area (Å²) in [6.07, 6.45) is 0. The first-order chi connectivity index (χ1) is 28.3. The molecule has 0 atom stereocenters. The molecule has 0 amide bonds. The SMILES string of the molecule is c1ccc(-c2ccccc2-c2c3ccccc3c(-c3c(-c4ccccc4)cccc3-c3cccc4c3c3ccccc3n4-c3ccccc3)c3ccccc23)cc1. The van der Waals surface area contributed by atoms with E-state index in [9.17, 15) is 0 Å². The summed E-state index contributed by atoms with van der Waals surface area (Å²) in [5.74, 6) is 0. The average molecular weight is 724 g/mol. The normalized spacial score (nSPS) is 11.5. The van der Waals surface area contributed by atoms with Gasteiger partial charge in [0.1, 0.15) is 0 Å². The Balaban J connectivity index is 1.29. The van der Waals surface area contributed by atoms with Gasteiger partial charge in [-0.2, -0.15) is 0 Å². The molecule has 266 valence electrons. The summed E-state index contributed by atoms with van der Waals surface area (Å²) in [5, 5.41) is 7.44. The van der Waals surface area contributed by atoms with Gasteiger partial charge in [-0.25, -0.2) is 0 Å². The largest absolute Gasteiger partial charge is 0.309 e. The lowest BCUT2D eigenvalue weighted by Gasteiger charge is -2.23. The highest BCUT2D eigenvalue weighted by molar-refractivity contribution is 6.26. The lowest BCUT2D eigenvalue weighted by molar-refractivity contribution is 1.18. The van der Waals surface area contributed by atoms with E-state index in [1.54, 1.807) is 0 Å². The highest BCUT2D eigenvalue weighted by Gasteiger charge is 2.25. The van der Waals surface area contributed by atoms with Crippen LogP contribution in [0, 0.1) is 0 Å². The van der Waals surface area contributed by atoms with Crippen LogP contribution in [0.2, 0.25) is 0 Å². The molecular formula is C56H37N. The zero-order chi connectivity index (χ0) is 37.7. The van der Waals surface area contributed by atoms with E-state index in [4.69, 9.17) is 0 Å². The molecule has 0 saturated carbocycles. The fraction of sp³-hybridized carbons (Fsp3) is 0. The third-order valence-electron chi connectivity index (χ3n) is 11.6. The van der Waals surface area contributed by atoms with Crippen molar-refractivity contribution in [1.82, 2.24) is 4.57 Å². The lowest BCUT2D eigenvalue weighted by atomic mass is 9.79. The van der Waals surface area contributed by atoms with Crippen LogP contribution < -0.4 is 0 Å². The Kier molecular flexibility index (Phi) is 7.89. The Morgan fingerprint density at radius 2 is 0.649 bits per heavy atom. The summed E-state index contributed by atoms with van der Waals surface area (Å²) in [6, 6.07) is 82.0. The molecule has 0 N–H and O–H groups in total. The van der Waals surface area contributed by atoms with Gasteiger partial charge >= 0.3 is 0 Å². The van der Waals surface area contributed by atoms with Crippen LogP contribution in [0.25, 0.3) is 105 Å². The molecular weight excluding hydrogens is 687 g/mol. The van der Waals surface area contributed by atoms with Gasteiger partial charge in [-0.15, -0.1) is 0 Å². The maximum absolute atomic E-state index is 2.42. The van der Waals surface area contributed by atoms with Crippen LogP contribution in [0.5, 0.6) is 0 Å². The van der Waals surface area contributed by atoms with E-state index in [-0.39, 0.29) is 0 Å². The first kappa shape index (κ1) is 32.9. The molecule has 0 bridgehead atoms. The van der Waals surface area contributed by atoms with Gasteiger partial charge in [-0.3, -0.25) is 0 Å². The van der Waals surface area contributed by atoms with Gasteiger partial charge in [0.25, 0.3) is 0 Å².